The van der Waals surface area contributed by atoms with E-state index in [2.05, 4.69) is 4.74 Å². The first-order chi connectivity index (χ1) is 14.2. The molecule has 30 heavy (non-hydrogen) atoms. The molecule has 0 fully saturated rings. The van der Waals surface area contributed by atoms with Crippen LogP contribution in [0.2, 0.25) is 10.0 Å². The summed E-state index contributed by atoms with van der Waals surface area (Å²) in [6.45, 7) is -0.384. The third-order valence-electron chi connectivity index (χ3n) is 4.32. The van der Waals surface area contributed by atoms with E-state index in [0.29, 0.717) is 16.3 Å². The number of methoxy groups -OCH3 is 1. The van der Waals surface area contributed by atoms with Crippen molar-refractivity contribution in [3.05, 3.63) is 69.6 Å². The summed E-state index contributed by atoms with van der Waals surface area (Å²) in [7, 11) is -2.15. The third kappa shape index (κ3) is 5.13. The molecule has 0 saturated carbocycles. The molecule has 0 aromatic heterocycles. The molecule has 1 amide bonds. The summed E-state index contributed by atoms with van der Waals surface area (Å²) in [6, 6.07) is 9.94. The summed E-state index contributed by atoms with van der Waals surface area (Å²) in [5, 5.41) is 1.75. The van der Waals surface area contributed by atoms with Gasteiger partial charge in [-0.25, -0.2) is 13.2 Å². The first-order valence-electron chi connectivity index (χ1n) is 8.69. The fraction of sp³-hybridized carbons (Fsp3) is 0.200. The molecule has 0 saturated heterocycles. The maximum Gasteiger partial charge on any atom is 0.337 e. The van der Waals surface area contributed by atoms with E-state index in [1.54, 1.807) is 6.07 Å². The van der Waals surface area contributed by atoms with Gasteiger partial charge < -0.3 is 14.4 Å². The molecule has 1 aliphatic heterocycles. The summed E-state index contributed by atoms with van der Waals surface area (Å²) in [6.07, 6.45) is 1.44. The molecule has 2 aromatic carbocycles. The minimum atomic E-state index is -3.41. The fourth-order valence-electron chi connectivity index (χ4n) is 2.92. The zero-order chi connectivity index (χ0) is 21.9. The van der Waals surface area contributed by atoms with Crippen LogP contribution in [-0.2, 0) is 19.4 Å². The number of hydrogen-bond donors (Lipinski definition) is 0. The van der Waals surface area contributed by atoms with Gasteiger partial charge in [-0.05, 0) is 48.5 Å². The Bertz CT molecular complexity index is 1100. The number of ether oxygens (including phenoxy) is 2. The van der Waals surface area contributed by atoms with E-state index in [1.165, 1.54) is 54.5 Å². The highest BCUT2D eigenvalue weighted by Crippen LogP contribution is 2.28. The quantitative estimate of drug-likeness (QED) is 0.601. The lowest BCUT2D eigenvalue weighted by Gasteiger charge is -2.28. The molecule has 0 radical (unpaired) electrons. The molecule has 3 rings (SSSR count). The van der Waals surface area contributed by atoms with E-state index in [4.69, 9.17) is 27.9 Å². The molecular formula is C20H17Cl2NO6S. The zero-order valence-electron chi connectivity index (χ0n) is 15.7. The second kappa shape index (κ2) is 9.07. The molecule has 1 atom stereocenters. The Kier molecular flexibility index (Phi) is 6.70. The summed E-state index contributed by atoms with van der Waals surface area (Å²) < 4.78 is 34.0. The van der Waals surface area contributed by atoms with Crippen LogP contribution in [0.1, 0.15) is 10.4 Å². The Morgan fingerprint density at radius 3 is 2.40 bits per heavy atom. The van der Waals surface area contributed by atoms with E-state index < -0.39 is 27.8 Å². The van der Waals surface area contributed by atoms with Crippen molar-refractivity contribution in [3.63, 3.8) is 0 Å². The van der Waals surface area contributed by atoms with Gasteiger partial charge in [-0.2, -0.15) is 0 Å². The first kappa shape index (κ1) is 22.1. The second-order valence-corrected chi connectivity index (χ2v) is 9.17. The van der Waals surface area contributed by atoms with Gasteiger partial charge in [0.25, 0.3) is 5.91 Å². The summed E-state index contributed by atoms with van der Waals surface area (Å²) in [5.41, 5.74) is 0.706. The molecule has 158 valence electrons. The molecule has 1 aliphatic rings. The van der Waals surface area contributed by atoms with E-state index in [9.17, 15) is 18.0 Å². The van der Waals surface area contributed by atoms with Crippen molar-refractivity contribution in [2.75, 3.05) is 24.4 Å². The van der Waals surface area contributed by atoms with E-state index in [-0.39, 0.29) is 23.1 Å². The maximum atomic E-state index is 13.0. The number of benzene rings is 2. The number of nitrogens with zero attached hydrogens (tertiary/aromatic N) is 1. The summed E-state index contributed by atoms with van der Waals surface area (Å²) in [5.74, 6) is -0.994. The average molecular weight is 470 g/mol. The largest absolute Gasteiger partial charge is 0.482 e. The number of carbonyl (C=O) groups is 2. The Morgan fingerprint density at radius 2 is 1.83 bits per heavy atom. The van der Waals surface area contributed by atoms with Crippen LogP contribution in [-0.4, -0.2) is 45.8 Å². The van der Waals surface area contributed by atoms with Crippen molar-refractivity contribution in [1.82, 2.24) is 0 Å². The van der Waals surface area contributed by atoms with Gasteiger partial charge in [-0.1, -0.05) is 23.2 Å². The fourth-order valence-corrected chi connectivity index (χ4v) is 4.65. The molecule has 10 heteroatoms. The first-order valence-corrected chi connectivity index (χ1v) is 11.2. The number of hydrogen-bond acceptors (Lipinski definition) is 6. The van der Waals surface area contributed by atoms with Crippen LogP contribution < -0.4 is 9.64 Å². The van der Waals surface area contributed by atoms with Crippen LogP contribution >= 0.6 is 23.2 Å². The van der Waals surface area contributed by atoms with Crippen LogP contribution in [0.5, 0.6) is 5.75 Å². The summed E-state index contributed by atoms with van der Waals surface area (Å²) >= 11 is 11.9. The van der Waals surface area contributed by atoms with Crippen molar-refractivity contribution in [2.24, 2.45) is 0 Å². The minimum Gasteiger partial charge on any atom is -0.482 e. The number of sulfone groups is 1. The van der Waals surface area contributed by atoms with E-state index in [0.717, 1.165) is 5.41 Å². The van der Waals surface area contributed by atoms with Gasteiger partial charge in [0.1, 0.15) is 5.75 Å². The van der Waals surface area contributed by atoms with Crippen molar-refractivity contribution >= 4 is 50.6 Å². The molecule has 1 heterocycles. The van der Waals surface area contributed by atoms with E-state index in [1.807, 2.05) is 0 Å². The van der Waals surface area contributed by atoms with Crippen molar-refractivity contribution < 1.29 is 27.5 Å². The Labute approximate surface area is 183 Å². The van der Waals surface area contributed by atoms with E-state index >= 15 is 0 Å². The normalized spacial score (nSPS) is 16.8. The SMILES string of the molecule is COC(=O)c1ccc(N(C(=O)COc2ccc(Cl)cc2Cl)C2C=CS(=O)(=O)C2)cc1. The smallest absolute Gasteiger partial charge is 0.337 e. The average Bonchev–Trinajstić information content (AvgIpc) is 3.06. The minimum absolute atomic E-state index is 0.243. The number of anilines is 1. The maximum absolute atomic E-state index is 13.0. The second-order valence-electron chi connectivity index (χ2n) is 6.39. The molecular weight excluding hydrogens is 453 g/mol. The van der Waals surface area contributed by atoms with Gasteiger partial charge in [0.15, 0.2) is 16.4 Å². The van der Waals surface area contributed by atoms with Crippen LogP contribution in [0.4, 0.5) is 5.69 Å². The van der Waals surface area contributed by atoms with Crippen molar-refractivity contribution in [1.29, 1.82) is 0 Å². The van der Waals surface area contributed by atoms with Gasteiger partial charge in [0.05, 0.1) is 29.5 Å². The molecule has 2 aromatic rings. The highest BCUT2D eigenvalue weighted by Gasteiger charge is 2.31. The zero-order valence-corrected chi connectivity index (χ0v) is 18.1. The number of rotatable bonds is 6. The Morgan fingerprint density at radius 1 is 1.13 bits per heavy atom. The molecule has 0 aliphatic carbocycles. The van der Waals surface area contributed by atoms with Gasteiger partial charge in [0.2, 0.25) is 0 Å². The standard InChI is InChI=1S/C20H17Cl2NO6S/c1-28-20(25)13-2-5-15(6-3-13)23(16-8-9-30(26,27)12-16)19(24)11-29-18-7-4-14(21)10-17(18)22/h2-10,16H,11-12H2,1H3. The molecule has 0 spiro atoms. The number of amides is 1. The third-order valence-corrected chi connectivity index (χ3v) is 6.23. The Hall–Kier alpha value is -2.55. The van der Waals surface area contributed by atoms with Crippen LogP contribution in [0.25, 0.3) is 0 Å². The highest BCUT2D eigenvalue weighted by atomic mass is 35.5. The van der Waals surface area contributed by atoms with Gasteiger partial charge in [0, 0.05) is 16.1 Å². The van der Waals surface area contributed by atoms with Crippen molar-refractivity contribution in [3.8, 4) is 5.75 Å². The monoisotopic (exact) mass is 469 g/mol. The lowest BCUT2D eigenvalue weighted by Crippen LogP contribution is -2.43. The van der Waals surface area contributed by atoms with Gasteiger partial charge in [-0.15, -0.1) is 0 Å². The lowest BCUT2D eigenvalue weighted by molar-refractivity contribution is -0.120. The number of carbonyl (C=O) groups excluding carboxylic acids is 2. The summed E-state index contributed by atoms with van der Waals surface area (Å²) in [4.78, 5) is 25.9. The predicted molar refractivity (Wildman–Crippen MR) is 114 cm³/mol. The van der Waals surface area contributed by atoms with Gasteiger partial charge >= 0.3 is 5.97 Å². The van der Waals surface area contributed by atoms with Crippen molar-refractivity contribution in [2.45, 2.75) is 6.04 Å². The van der Waals surface area contributed by atoms with Gasteiger partial charge in [-0.3, -0.25) is 4.79 Å². The molecule has 7 nitrogen and oxygen atoms in total. The number of halogens is 2. The molecule has 0 N–H and O–H groups in total. The lowest BCUT2D eigenvalue weighted by atomic mass is 10.1. The van der Waals surface area contributed by atoms with Crippen LogP contribution in [0.15, 0.2) is 53.9 Å². The van der Waals surface area contributed by atoms with Crippen LogP contribution in [0.3, 0.4) is 0 Å². The number of esters is 1. The predicted octanol–water partition coefficient (Wildman–Crippen LogP) is 3.50. The highest BCUT2D eigenvalue weighted by molar-refractivity contribution is 7.94. The van der Waals surface area contributed by atoms with Crippen LogP contribution in [0, 0.1) is 0 Å². The molecule has 0 bridgehead atoms. The topological polar surface area (TPSA) is 90.0 Å². The molecule has 1 unspecified atom stereocenters. The Balaban J connectivity index is 1.84.